The Morgan fingerprint density at radius 1 is 1.40 bits per heavy atom. The lowest BCUT2D eigenvalue weighted by Crippen LogP contribution is -2.61. The van der Waals surface area contributed by atoms with E-state index in [0.717, 1.165) is 12.8 Å². The van der Waals surface area contributed by atoms with E-state index in [0.29, 0.717) is 18.7 Å². The van der Waals surface area contributed by atoms with Crippen LogP contribution in [0, 0.1) is 17.3 Å². The zero-order valence-corrected chi connectivity index (χ0v) is 19.6. The van der Waals surface area contributed by atoms with E-state index in [2.05, 4.69) is 46.1 Å². The zero-order valence-electron chi connectivity index (χ0n) is 17.8. The fourth-order valence-electron chi connectivity index (χ4n) is 3.64. The van der Waals surface area contributed by atoms with Gasteiger partial charge in [-0.05, 0) is 38.0 Å². The molecule has 2 heterocycles. The average molecular weight is 453 g/mol. The predicted molar refractivity (Wildman–Crippen MR) is 121 cm³/mol. The summed E-state index contributed by atoms with van der Waals surface area (Å²) in [5, 5.41) is 11.6. The Bertz CT molecular complexity index is 998. The second-order valence-corrected chi connectivity index (χ2v) is 16.2. The largest absolute Gasteiger partial charge is 0.465 e. The van der Waals surface area contributed by atoms with Crippen LogP contribution in [0.1, 0.15) is 30.9 Å². The van der Waals surface area contributed by atoms with Gasteiger partial charge in [-0.25, -0.2) is 18.9 Å². The number of aliphatic imine (C=N–C) groups is 1. The van der Waals surface area contributed by atoms with Crippen molar-refractivity contribution in [2.24, 2.45) is 4.99 Å². The maximum absolute atomic E-state index is 14.9. The number of fused-ring (bicyclic) bond motifs is 1. The van der Waals surface area contributed by atoms with Crippen LogP contribution in [0.4, 0.5) is 9.18 Å². The fourth-order valence-corrected chi connectivity index (χ4v) is 7.06. The van der Waals surface area contributed by atoms with E-state index in [1.807, 2.05) is 0 Å². The molecule has 10 heteroatoms. The van der Waals surface area contributed by atoms with Crippen molar-refractivity contribution >= 4 is 30.4 Å². The van der Waals surface area contributed by atoms with Gasteiger partial charge in [0.2, 0.25) is 5.96 Å². The molecule has 1 fully saturated rings. The van der Waals surface area contributed by atoms with Gasteiger partial charge >= 0.3 is 6.09 Å². The Balaban J connectivity index is 2.12. The summed E-state index contributed by atoms with van der Waals surface area (Å²) in [7, 11) is -4.82. The summed E-state index contributed by atoms with van der Waals surface area (Å²) in [5.74, 6) is 2.69. The lowest BCUT2D eigenvalue weighted by Gasteiger charge is -2.46. The van der Waals surface area contributed by atoms with Crippen LogP contribution in [0.15, 0.2) is 23.2 Å². The van der Waals surface area contributed by atoms with Gasteiger partial charge in [0.05, 0.1) is 5.75 Å². The van der Waals surface area contributed by atoms with E-state index >= 15 is 0 Å². The molecule has 3 rings (SSSR count). The van der Waals surface area contributed by atoms with E-state index in [4.69, 9.17) is 0 Å². The Kier molecular flexibility index (Phi) is 6.09. The molecule has 1 aromatic rings. The normalized spacial score (nSPS) is 24.4. The molecule has 0 spiro atoms. The molecule has 2 aliphatic heterocycles. The third-order valence-electron chi connectivity index (χ3n) is 5.01. The third-order valence-corrected chi connectivity index (χ3v) is 8.82. The summed E-state index contributed by atoms with van der Waals surface area (Å²) in [6, 6.07) is 4.61. The molecular formula is C20H29FN4O3SSi. The number of hydrogen-bond acceptors (Lipinski definition) is 3. The zero-order chi connectivity index (χ0) is 22.2. The summed E-state index contributed by atoms with van der Waals surface area (Å²) >= 11 is 0. The topological polar surface area (TPSA) is 94.0 Å². The van der Waals surface area contributed by atoms with Crippen LogP contribution >= 0.6 is 0 Å². The second-order valence-electron chi connectivity index (χ2n) is 8.93. The molecule has 0 radical (unpaired) electrons. The average Bonchev–Trinajstić information content (AvgIpc) is 2.80. The van der Waals surface area contributed by atoms with Crippen molar-refractivity contribution in [1.29, 1.82) is 0 Å². The molecule has 3 N–H and O–H groups in total. The minimum atomic E-state index is -3.21. The molecule has 0 aromatic heterocycles. The minimum Gasteiger partial charge on any atom is -0.465 e. The number of halogens is 1. The molecule has 7 nitrogen and oxygen atoms in total. The molecule has 2 aliphatic rings. The number of amides is 1. The van der Waals surface area contributed by atoms with Gasteiger partial charge in [0.15, 0.2) is 0 Å². The van der Waals surface area contributed by atoms with E-state index in [-0.39, 0.29) is 17.3 Å². The first kappa shape index (κ1) is 22.5. The number of carboxylic acid groups (broad SMARTS) is 1. The summed E-state index contributed by atoms with van der Waals surface area (Å²) in [5.41, 5.74) is 2.97. The molecule has 1 aromatic carbocycles. The Labute approximate surface area is 178 Å². The van der Waals surface area contributed by atoms with Crippen molar-refractivity contribution in [3.8, 4) is 11.5 Å². The first-order valence-corrected chi connectivity index (χ1v) is 15.3. The predicted octanol–water partition coefficient (Wildman–Crippen LogP) is 2.44. The van der Waals surface area contributed by atoms with Gasteiger partial charge in [-0.2, -0.15) is 0 Å². The number of guanidine groups is 1. The monoisotopic (exact) mass is 452 g/mol. The number of hydrogen-bond donors (Lipinski definition) is 4. The van der Waals surface area contributed by atoms with E-state index in [1.165, 1.54) is 10.4 Å². The number of benzene rings is 1. The van der Waals surface area contributed by atoms with E-state index in [1.54, 1.807) is 19.1 Å². The maximum Gasteiger partial charge on any atom is 0.411 e. The number of nitrogens with one attached hydrogen (secondary N) is 2. The molecule has 0 saturated carbocycles. The van der Waals surface area contributed by atoms with E-state index < -0.39 is 35.8 Å². The first-order chi connectivity index (χ1) is 13.9. The quantitative estimate of drug-likeness (QED) is 0.300. The molecule has 1 saturated heterocycles. The minimum absolute atomic E-state index is 0.00744. The van der Waals surface area contributed by atoms with Crippen molar-refractivity contribution in [2.45, 2.75) is 44.9 Å². The molecule has 1 amide bonds. The molecule has 30 heavy (non-hydrogen) atoms. The van der Waals surface area contributed by atoms with Crippen LogP contribution < -0.4 is 10.0 Å². The van der Waals surface area contributed by atoms with Crippen molar-refractivity contribution < 1.29 is 18.5 Å². The van der Waals surface area contributed by atoms with Gasteiger partial charge in [0.1, 0.15) is 19.4 Å². The summed E-state index contributed by atoms with van der Waals surface area (Å²) in [6.07, 6.45) is 0.265. The highest BCUT2D eigenvalue weighted by atomic mass is 32.3. The van der Waals surface area contributed by atoms with Crippen LogP contribution in [0.25, 0.3) is 0 Å². The SMILES string of the molecule is C[C@@]1(c2cc(C#C[Si](C)(C)C)ccc2F)C[SH]2(=O)NCCCCN2C(NC(=O)O)=N1. The van der Waals surface area contributed by atoms with Crippen LogP contribution in [0.2, 0.25) is 19.6 Å². The van der Waals surface area contributed by atoms with Gasteiger partial charge in [-0.1, -0.05) is 25.6 Å². The number of nitrogens with zero attached hydrogens (tertiary/aromatic N) is 2. The highest BCUT2D eigenvalue weighted by molar-refractivity contribution is 7.99. The Morgan fingerprint density at radius 3 is 2.80 bits per heavy atom. The smallest absolute Gasteiger partial charge is 0.411 e. The molecule has 0 bridgehead atoms. The van der Waals surface area contributed by atoms with Crippen molar-refractivity contribution in [2.75, 3.05) is 18.8 Å². The highest BCUT2D eigenvalue weighted by Crippen LogP contribution is 2.37. The number of carbonyl (C=O) groups is 1. The van der Waals surface area contributed by atoms with Crippen molar-refractivity contribution in [1.82, 2.24) is 14.3 Å². The third kappa shape index (κ3) is 4.91. The number of rotatable bonds is 1. The highest BCUT2D eigenvalue weighted by Gasteiger charge is 2.44. The lowest BCUT2D eigenvalue weighted by atomic mass is 9.92. The Hall–Kier alpha value is -2.22. The second kappa shape index (κ2) is 8.13. The van der Waals surface area contributed by atoms with Crippen LogP contribution in [-0.2, 0) is 15.8 Å². The van der Waals surface area contributed by atoms with Gasteiger partial charge in [-0.3, -0.25) is 13.8 Å². The van der Waals surface area contributed by atoms with Gasteiger partial charge in [-0.15, -0.1) is 5.54 Å². The molecule has 1 atom stereocenters. The summed E-state index contributed by atoms with van der Waals surface area (Å²) in [4.78, 5) is 15.9. The maximum atomic E-state index is 14.9. The fraction of sp³-hybridized carbons (Fsp3) is 0.500. The molecule has 0 aliphatic carbocycles. The first-order valence-electron chi connectivity index (χ1n) is 9.97. The number of thiol groups is 1. The summed E-state index contributed by atoms with van der Waals surface area (Å²) in [6.45, 7) is 9.03. The standard InChI is InChI=1S/C20H29FN4O3SSi/c1-20(16-13-15(7-8-17(16)21)9-12-30(2,3)4)14-29(28)22-10-5-6-11-25(29)18(24-20)23-19(26)27/h7-8,13,29H,5-6,10-11,14H2,1-4H3,(H,22,28)(H,23,24)(H,26,27)/t20-/m0/s1. The van der Waals surface area contributed by atoms with Gasteiger partial charge in [0, 0.05) is 34.5 Å². The lowest BCUT2D eigenvalue weighted by molar-refractivity contribution is 0.199. The van der Waals surface area contributed by atoms with Crippen LogP contribution in [0.5, 0.6) is 0 Å². The van der Waals surface area contributed by atoms with Gasteiger partial charge < -0.3 is 5.11 Å². The van der Waals surface area contributed by atoms with Crippen LogP contribution in [-0.4, -0.2) is 52.6 Å². The van der Waals surface area contributed by atoms with E-state index in [9.17, 15) is 18.5 Å². The van der Waals surface area contributed by atoms with Crippen molar-refractivity contribution in [3.63, 3.8) is 0 Å². The van der Waals surface area contributed by atoms with Crippen molar-refractivity contribution in [3.05, 3.63) is 35.1 Å². The van der Waals surface area contributed by atoms with Crippen LogP contribution in [0.3, 0.4) is 0 Å². The molecule has 164 valence electrons. The Morgan fingerprint density at radius 2 is 2.13 bits per heavy atom. The molecular weight excluding hydrogens is 423 g/mol. The summed E-state index contributed by atoms with van der Waals surface area (Å²) < 4.78 is 33.4. The molecule has 0 unspecified atom stereocenters. The van der Waals surface area contributed by atoms with Gasteiger partial charge in [0.25, 0.3) is 0 Å².